The summed E-state index contributed by atoms with van der Waals surface area (Å²) in [5, 5.41) is 0. The third-order valence-electron chi connectivity index (χ3n) is 2.45. The first kappa shape index (κ1) is 8.48. The fraction of sp³-hybridized carbons (Fsp3) is 0.600. The highest BCUT2D eigenvalue weighted by molar-refractivity contribution is 6.07. The van der Waals surface area contributed by atoms with Gasteiger partial charge in [0.2, 0.25) is 0 Å². The molecule has 0 aromatic heterocycles. The Kier molecular flexibility index (Phi) is 1.75. The lowest BCUT2D eigenvalue weighted by Crippen LogP contribution is -2.22. The first-order valence-corrected chi connectivity index (χ1v) is 4.80. The van der Waals surface area contributed by atoms with Crippen molar-refractivity contribution in [3.63, 3.8) is 0 Å². The summed E-state index contributed by atoms with van der Waals surface area (Å²) in [5.41, 5.74) is -0.112. The van der Waals surface area contributed by atoms with Crippen LogP contribution in [0, 0.1) is 5.92 Å². The zero-order valence-electron chi connectivity index (χ0n) is 8.24. The molecule has 2 atom stereocenters. The van der Waals surface area contributed by atoms with Gasteiger partial charge in [-0.25, -0.2) is 4.99 Å². The molecule has 0 aromatic carbocycles. The van der Waals surface area contributed by atoms with Crippen molar-refractivity contribution in [1.82, 2.24) is 0 Å². The van der Waals surface area contributed by atoms with Crippen LogP contribution < -0.4 is 0 Å². The van der Waals surface area contributed by atoms with Gasteiger partial charge in [-0.05, 0) is 0 Å². The molecule has 2 aliphatic heterocycles. The summed E-state index contributed by atoms with van der Waals surface area (Å²) in [6.45, 7) is 5.88. The average molecular weight is 178 g/mol. The maximum absolute atomic E-state index is 5.59. The summed E-state index contributed by atoms with van der Waals surface area (Å²) in [5.74, 6) is 2.17. The van der Waals surface area contributed by atoms with Gasteiger partial charge in [-0.3, -0.25) is 0 Å². The molecule has 3 heteroatoms. The second-order valence-corrected chi connectivity index (χ2v) is 3.23. The van der Waals surface area contributed by atoms with Crippen molar-refractivity contribution in [2.75, 3.05) is 0 Å². The molecule has 70 valence electrons. The van der Waals surface area contributed by atoms with Gasteiger partial charge < -0.3 is 4.74 Å². The average Bonchev–Trinajstić information content (AvgIpc) is 2.74. The standard InChI is InChI=1S/C8H8N2O.C2H6/c1-5-10-7-8(11-5)4-6(8)2-3-9-7;1-2/h2-3,6H,4H2,1H3;1-2H3. The maximum atomic E-state index is 5.59. The molecular formula is C10H14N2O. The van der Waals surface area contributed by atoms with Crippen molar-refractivity contribution in [3.05, 3.63) is 12.3 Å². The van der Waals surface area contributed by atoms with E-state index in [1.165, 1.54) is 0 Å². The van der Waals surface area contributed by atoms with Crippen molar-refractivity contribution in [3.8, 4) is 0 Å². The first-order valence-electron chi connectivity index (χ1n) is 4.80. The number of rotatable bonds is 0. The Morgan fingerprint density at radius 3 is 3.00 bits per heavy atom. The molecule has 0 saturated heterocycles. The summed E-state index contributed by atoms with van der Waals surface area (Å²) >= 11 is 0. The van der Waals surface area contributed by atoms with Crippen LogP contribution in [0.25, 0.3) is 0 Å². The van der Waals surface area contributed by atoms with E-state index in [2.05, 4.69) is 16.1 Å². The first-order chi connectivity index (χ1) is 6.31. The molecule has 1 saturated carbocycles. The molecule has 3 nitrogen and oxygen atoms in total. The minimum atomic E-state index is -0.112. The van der Waals surface area contributed by atoms with Gasteiger partial charge in [-0.15, -0.1) is 0 Å². The highest BCUT2D eigenvalue weighted by atomic mass is 16.5. The van der Waals surface area contributed by atoms with Gasteiger partial charge in [0.05, 0.1) is 0 Å². The van der Waals surface area contributed by atoms with Crippen LogP contribution in [0.15, 0.2) is 22.3 Å². The number of amidine groups is 1. The molecule has 3 aliphatic rings. The van der Waals surface area contributed by atoms with Crippen molar-refractivity contribution in [1.29, 1.82) is 0 Å². The zero-order valence-corrected chi connectivity index (χ0v) is 8.24. The van der Waals surface area contributed by atoms with E-state index in [-0.39, 0.29) is 5.60 Å². The zero-order chi connectivity index (χ0) is 9.47. The van der Waals surface area contributed by atoms with Crippen LogP contribution >= 0.6 is 0 Å². The van der Waals surface area contributed by atoms with Gasteiger partial charge in [0, 0.05) is 25.5 Å². The summed E-state index contributed by atoms with van der Waals surface area (Å²) in [4.78, 5) is 8.40. The molecule has 0 amide bonds. The van der Waals surface area contributed by atoms with E-state index in [0.29, 0.717) is 5.92 Å². The molecule has 1 aliphatic carbocycles. The number of aliphatic imine (C=N–C) groups is 2. The maximum Gasteiger partial charge on any atom is 0.187 e. The number of hydrogen-bond donors (Lipinski definition) is 0. The van der Waals surface area contributed by atoms with Crippen molar-refractivity contribution < 1.29 is 4.74 Å². The van der Waals surface area contributed by atoms with E-state index >= 15 is 0 Å². The molecule has 3 rings (SSSR count). The molecule has 2 unspecified atom stereocenters. The van der Waals surface area contributed by atoms with Gasteiger partial charge >= 0.3 is 0 Å². The Labute approximate surface area is 78.2 Å². The van der Waals surface area contributed by atoms with E-state index in [1.807, 2.05) is 27.0 Å². The SMILES string of the molecule is CC.CC1=NC2=NC=CC3CC23O1. The minimum Gasteiger partial charge on any atom is -0.466 e. The number of nitrogens with zero attached hydrogens (tertiary/aromatic N) is 2. The molecule has 0 bridgehead atoms. The number of hydrogen-bond acceptors (Lipinski definition) is 3. The Morgan fingerprint density at radius 2 is 2.31 bits per heavy atom. The van der Waals surface area contributed by atoms with Crippen LogP contribution in [0.4, 0.5) is 0 Å². The van der Waals surface area contributed by atoms with Gasteiger partial charge in [-0.1, -0.05) is 19.9 Å². The van der Waals surface area contributed by atoms with E-state index in [4.69, 9.17) is 4.74 Å². The van der Waals surface area contributed by atoms with Crippen LogP contribution in [0.5, 0.6) is 0 Å². The Hall–Kier alpha value is -1.12. The lowest BCUT2D eigenvalue weighted by atomic mass is 10.2. The van der Waals surface area contributed by atoms with Crippen molar-refractivity contribution in [2.24, 2.45) is 15.9 Å². The van der Waals surface area contributed by atoms with Crippen molar-refractivity contribution in [2.45, 2.75) is 32.8 Å². The Bertz CT molecular complexity index is 317. The predicted molar refractivity (Wildman–Crippen MR) is 53.0 cm³/mol. The summed E-state index contributed by atoms with van der Waals surface area (Å²) in [6.07, 6.45) is 4.98. The molecule has 0 radical (unpaired) electrons. The van der Waals surface area contributed by atoms with Crippen LogP contribution in [-0.4, -0.2) is 17.3 Å². The van der Waals surface area contributed by atoms with Crippen LogP contribution in [0.1, 0.15) is 27.2 Å². The highest BCUT2D eigenvalue weighted by Crippen LogP contribution is 2.53. The molecule has 0 aromatic rings. The monoisotopic (exact) mass is 178 g/mol. The lowest BCUT2D eigenvalue weighted by Gasteiger charge is -2.10. The van der Waals surface area contributed by atoms with Gasteiger partial charge in [0.25, 0.3) is 0 Å². The third kappa shape index (κ3) is 1.03. The summed E-state index contributed by atoms with van der Waals surface area (Å²) in [7, 11) is 0. The van der Waals surface area contributed by atoms with Gasteiger partial charge in [0.1, 0.15) is 0 Å². The van der Waals surface area contributed by atoms with Gasteiger partial charge in [0.15, 0.2) is 17.3 Å². The molecule has 13 heavy (non-hydrogen) atoms. The molecule has 0 N–H and O–H groups in total. The van der Waals surface area contributed by atoms with Crippen molar-refractivity contribution >= 4 is 11.7 Å². The second-order valence-electron chi connectivity index (χ2n) is 3.23. The van der Waals surface area contributed by atoms with Crippen LogP contribution in [0.2, 0.25) is 0 Å². The molecule has 2 heterocycles. The highest BCUT2D eigenvalue weighted by Gasteiger charge is 2.63. The minimum absolute atomic E-state index is 0.112. The lowest BCUT2D eigenvalue weighted by molar-refractivity contribution is 0.235. The fourth-order valence-corrected chi connectivity index (χ4v) is 1.80. The molecular weight excluding hydrogens is 164 g/mol. The van der Waals surface area contributed by atoms with E-state index in [9.17, 15) is 0 Å². The quantitative estimate of drug-likeness (QED) is 0.559. The van der Waals surface area contributed by atoms with Crippen LogP contribution in [-0.2, 0) is 4.74 Å². The Morgan fingerprint density at radius 1 is 1.54 bits per heavy atom. The second kappa shape index (κ2) is 2.69. The molecule has 1 fully saturated rings. The number of ether oxygens (including phenoxy) is 1. The Balaban J connectivity index is 0.000000308. The summed E-state index contributed by atoms with van der Waals surface area (Å²) in [6, 6.07) is 0. The van der Waals surface area contributed by atoms with Crippen LogP contribution in [0.3, 0.4) is 0 Å². The molecule has 1 spiro atoms. The smallest absolute Gasteiger partial charge is 0.187 e. The topological polar surface area (TPSA) is 34.0 Å². The normalized spacial score (nSPS) is 37.3. The van der Waals surface area contributed by atoms with E-state index in [0.717, 1.165) is 18.2 Å². The largest absolute Gasteiger partial charge is 0.466 e. The van der Waals surface area contributed by atoms with E-state index in [1.54, 1.807) is 0 Å². The summed E-state index contributed by atoms with van der Waals surface area (Å²) < 4.78 is 5.59. The van der Waals surface area contributed by atoms with Gasteiger partial charge in [-0.2, -0.15) is 4.99 Å². The third-order valence-corrected chi connectivity index (χ3v) is 2.45. The fourth-order valence-electron chi connectivity index (χ4n) is 1.80. The van der Waals surface area contributed by atoms with E-state index < -0.39 is 0 Å². The predicted octanol–water partition coefficient (Wildman–Crippen LogP) is 2.15.